The Morgan fingerprint density at radius 2 is 1.71 bits per heavy atom. The number of rotatable bonds is 12. The molecule has 1 unspecified atom stereocenters. The highest BCUT2D eigenvalue weighted by Crippen LogP contribution is 2.76. The Labute approximate surface area is 380 Å². The number of carbonyl (C=O) groups is 1. The van der Waals surface area contributed by atoms with Gasteiger partial charge in [-0.3, -0.25) is 4.79 Å². The molecule has 7 heteroatoms. The molecule has 5 fully saturated rings. The predicted octanol–water partition coefficient (Wildman–Crippen LogP) is 12.3. The van der Waals surface area contributed by atoms with Crippen molar-refractivity contribution in [2.24, 2.45) is 56.7 Å². The lowest BCUT2D eigenvalue weighted by atomic mass is 9.33. The van der Waals surface area contributed by atoms with Gasteiger partial charge in [0.15, 0.2) is 0 Å². The smallest absolute Gasteiger partial charge is 0.315 e. The first kappa shape index (κ1) is 45.0. The van der Waals surface area contributed by atoms with Crippen molar-refractivity contribution >= 4 is 16.7 Å². The van der Waals surface area contributed by atoms with Crippen LogP contribution < -0.4 is 14.8 Å². The summed E-state index contributed by atoms with van der Waals surface area (Å²) in [5.41, 5.74) is 4.85. The molecule has 1 saturated heterocycles. The first-order valence-electron chi connectivity index (χ1n) is 25.4. The minimum absolute atomic E-state index is 0.0424. The number of piperidine rings is 1. The van der Waals surface area contributed by atoms with Gasteiger partial charge in [-0.25, -0.2) is 4.98 Å². The van der Waals surface area contributed by atoms with Crippen molar-refractivity contribution in [3.8, 4) is 11.6 Å². The van der Waals surface area contributed by atoms with Gasteiger partial charge in [-0.15, -0.1) is 0 Å². The number of methoxy groups -OCH3 is 1. The van der Waals surface area contributed by atoms with E-state index in [-0.39, 0.29) is 28.9 Å². The van der Waals surface area contributed by atoms with Crippen molar-refractivity contribution in [3.05, 3.63) is 65.9 Å². The first-order chi connectivity index (χ1) is 30.1. The van der Waals surface area contributed by atoms with Crippen molar-refractivity contribution in [2.45, 2.75) is 150 Å². The van der Waals surface area contributed by atoms with Crippen LogP contribution in [-0.4, -0.2) is 67.9 Å². The third-order valence-corrected chi connectivity index (χ3v) is 20.1. The highest BCUT2D eigenvalue weighted by Gasteiger charge is 2.70. The number of fused-ring (bicyclic) bond motifs is 8. The Hall–Kier alpha value is -3.16. The van der Waals surface area contributed by atoms with Gasteiger partial charge in [-0.2, -0.15) is 0 Å². The fourth-order valence-corrected chi connectivity index (χ4v) is 16.6. The zero-order chi connectivity index (χ0) is 44.4. The Balaban J connectivity index is 0.946. The van der Waals surface area contributed by atoms with E-state index >= 15 is 0 Å². The third-order valence-electron chi connectivity index (χ3n) is 20.1. The van der Waals surface area contributed by atoms with E-state index < -0.39 is 5.41 Å². The third kappa shape index (κ3) is 7.35. The number of nitrogens with zero attached hydrogens (tertiary/aromatic N) is 2. The van der Waals surface area contributed by atoms with Crippen LogP contribution in [0.15, 0.2) is 65.9 Å². The molecule has 63 heavy (non-hydrogen) atoms. The van der Waals surface area contributed by atoms with Crippen molar-refractivity contribution < 1.29 is 19.0 Å². The Morgan fingerprint density at radius 3 is 2.44 bits per heavy atom. The number of esters is 1. The Morgan fingerprint density at radius 1 is 0.905 bits per heavy atom. The van der Waals surface area contributed by atoms with Gasteiger partial charge in [-0.1, -0.05) is 71.4 Å². The lowest BCUT2D eigenvalue weighted by Crippen LogP contribution is -2.68. The van der Waals surface area contributed by atoms with E-state index in [4.69, 9.17) is 14.2 Å². The number of nitrogens with one attached hydrogen (secondary N) is 1. The average Bonchev–Trinajstić information content (AvgIpc) is 3.66. The number of aromatic nitrogens is 1. The molecule has 1 aromatic heterocycles. The summed E-state index contributed by atoms with van der Waals surface area (Å²) in [6.45, 7) is 27.8. The summed E-state index contributed by atoms with van der Waals surface area (Å²) in [6.07, 6.45) is 24.9. The van der Waals surface area contributed by atoms with Crippen LogP contribution >= 0.6 is 0 Å². The molecule has 7 nitrogen and oxygen atoms in total. The van der Waals surface area contributed by atoms with Crippen LogP contribution in [0.2, 0.25) is 0 Å². The maximum atomic E-state index is 13.9. The molecule has 0 bridgehead atoms. The fraction of sp³-hybridized carbons (Fsp3) is 0.714. The highest BCUT2D eigenvalue weighted by molar-refractivity contribution is 5.88. The number of hydrogen-bond acceptors (Lipinski definition) is 7. The summed E-state index contributed by atoms with van der Waals surface area (Å²) in [7, 11) is 1.67. The summed E-state index contributed by atoms with van der Waals surface area (Å²) in [6, 6.07) is 7.91. The van der Waals surface area contributed by atoms with E-state index in [0.717, 1.165) is 41.8 Å². The minimum atomic E-state index is -0.764. The van der Waals surface area contributed by atoms with Crippen LogP contribution in [0.5, 0.6) is 11.6 Å². The number of benzene rings is 1. The molecule has 7 aliphatic rings. The molecule has 0 amide bonds. The molecule has 1 N–H and O–H groups in total. The van der Waals surface area contributed by atoms with Crippen LogP contribution in [-0.2, 0) is 9.53 Å². The molecule has 2 heterocycles. The molecular weight excluding hydrogens is 779 g/mol. The number of allylic oxidation sites excluding steroid dienone is 5. The van der Waals surface area contributed by atoms with Gasteiger partial charge in [-0.05, 0) is 203 Å². The van der Waals surface area contributed by atoms with Crippen LogP contribution in [0, 0.1) is 56.7 Å². The average molecular weight is 860 g/mol. The summed E-state index contributed by atoms with van der Waals surface area (Å²) >= 11 is 0. The fourth-order valence-electron chi connectivity index (χ4n) is 16.6. The summed E-state index contributed by atoms with van der Waals surface area (Å²) in [4.78, 5) is 21.2. The highest BCUT2D eigenvalue weighted by atomic mass is 16.5. The number of likely N-dealkylation sites (tertiary alicyclic amines) is 1. The minimum Gasteiger partial charge on any atom is -0.497 e. The second-order valence-corrected chi connectivity index (χ2v) is 23.1. The van der Waals surface area contributed by atoms with Gasteiger partial charge in [0.05, 0.1) is 13.7 Å². The van der Waals surface area contributed by atoms with Gasteiger partial charge in [0.25, 0.3) is 0 Å². The first-order valence-corrected chi connectivity index (χ1v) is 25.4. The van der Waals surface area contributed by atoms with Crippen LogP contribution in [0.4, 0.5) is 0 Å². The predicted molar refractivity (Wildman–Crippen MR) is 256 cm³/mol. The van der Waals surface area contributed by atoms with Crippen molar-refractivity contribution in [1.29, 1.82) is 0 Å². The van der Waals surface area contributed by atoms with E-state index in [1.807, 2.05) is 31.2 Å². The molecule has 2 aromatic rings. The second kappa shape index (κ2) is 16.9. The zero-order valence-corrected chi connectivity index (χ0v) is 40.5. The monoisotopic (exact) mass is 860 g/mol. The molecule has 0 radical (unpaired) electrons. The molecule has 1 aliphatic heterocycles. The SMILES string of the molecule is C=C(C)[C@@H]1CC[C@]2(NCCN3CCCCC3)CC[C@]3(C)[C@H](CC[C@@H]4[C@@]5(C)CC=C(C6=CCC(COc7nccc8ccc(OC)cc78)(C(=O)OCC)CC6)C(C)(C)[C@@H]5CC[C@]43C)[C@@H]12. The van der Waals surface area contributed by atoms with Gasteiger partial charge >= 0.3 is 5.97 Å². The number of carbonyl (C=O) groups excluding carboxylic acids is 1. The summed E-state index contributed by atoms with van der Waals surface area (Å²) in [5, 5.41) is 6.28. The normalized spacial score (nSPS) is 38.6. The second-order valence-electron chi connectivity index (χ2n) is 23.1. The standard InChI is InChI=1S/C56H81N3O4/c1-10-62-50(60)55(37-63-49-43-36-41(61-9)15-14-39(43)23-31-57-49)26-18-40(19-27-55)44-21-24-52(6)46(51(44,4)5)22-25-54(8)47(52)17-16-45-48-42(38(2)3)20-28-56(48,30-29-53(45,54)7)58-32-35-59-33-12-11-13-34-59/h14-15,18,21,23,31,36,42,45-48,58H,2,10-13,16-17,19-20,22,24-30,32-35,37H2,1,3-9H3/t42-,45+,46-,47+,48+,52-,53+,54+,55?,56-/m0/s1. The van der Waals surface area contributed by atoms with Crippen molar-refractivity contribution in [2.75, 3.05) is 46.5 Å². The molecule has 6 aliphatic carbocycles. The van der Waals surface area contributed by atoms with Gasteiger partial charge in [0.1, 0.15) is 17.8 Å². The topological polar surface area (TPSA) is 72.9 Å². The van der Waals surface area contributed by atoms with E-state index in [2.05, 4.69) is 75.5 Å². The quantitative estimate of drug-likeness (QED) is 0.168. The lowest BCUT2D eigenvalue weighted by Gasteiger charge is -2.72. The molecule has 344 valence electrons. The number of hydrogen-bond donors (Lipinski definition) is 1. The van der Waals surface area contributed by atoms with Gasteiger partial charge in [0.2, 0.25) is 5.88 Å². The zero-order valence-electron chi connectivity index (χ0n) is 40.5. The molecular formula is C56H81N3O4. The Bertz CT molecular complexity index is 2120. The molecule has 10 atom stereocenters. The Kier molecular flexibility index (Phi) is 12.1. The summed E-state index contributed by atoms with van der Waals surface area (Å²) in [5.74, 6) is 4.53. The lowest BCUT2D eigenvalue weighted by molar-refractivity contribution is -0.221. The van der Waals surface area contributed by atoms with E-state index in [0.29, 0.717) is 59.8 Å². The van der Waals surface area contributed by atoms with Crippen LogP contribution in [0.3, 0.4) is 0 Å². The van der Waals surface area contributed by atoms with Crippen molar-refractivity contribution in [3.63, 3.8) is 0 Å². The molecule has 1 aromatic carbocycles. The number of pyridine rings is 1. The van der Waals surface area contributed by atoms with E-state index in [1.165, 1.54) is 107 Å². The van der Waals surface area contributed by atoms with Gasteiger partial charge < -0.3 is 24.4 Å². The maximum absolute atomic E-state index is 13.9. The van der Waals surface area contributed by atoms with E-state index in [9.17, 15) is 4.79 Å². The molecule has 4 saturated carbocycles. The largest absolute Gasteiger partial charge is 0.497 e. The molecule has 0 spiro atoms. The van der Waals surface area contributed by atoms with E-state index in [1.54, 1.807) is 13.3 Å². The maximum Gasteiger partial charge on any atom is 0.315 e. The number of ether oxygens (including phenoxy) is 3. The van der Waals surface area contributed by atoms with Gasteiger partial charge in [0, 0.05) is 30.2 Å². The van der Waals surface area contributed by atoms with Crippen LogP contribution in [0.1, 0.15) is 145 Å². The van der Waals surface area contributed by atoms with Crippen LogP contribution in [0.25, 0.3) is 10.8 Å². The van der Waals surface area contributed by atoms with Crippen molar-refractivity contribution in [1.82, 2.24) is 15.2 Å². The summed E-state index contributed by atoms with van der Waals surface area (Å²) < 4.78 is 17.8. The molecule has 9 rings (SSSR count).